The number of amides is 2. The van der Waals surface area contributed by atoms with Gasteiger partial charge in [0.25, 0.3) is 11.8 Å². The van der Waals surface area contributed by atoms with Gasteiger partial charge in [-0.05, 0) is 31.2 Å². The molecule has 0 radical (unpaired) electrons. The third-order valence-corrected chi connectivity index (χ3v) is 10.2. The molecule has 1 fully saturated rings. The molecule has 1 spiro atoms. The zero-order valence-electron chi connectivity index (χ0n) is 29.4. The zero-order chi connectivity index (χ0) is 35.4. The molecular formula is C38H53ClFN3O6. The zero-order valence-corrected chi connectivity index (χ0v) is 30.2. The Morgan fingerprint density at radius 2 is 1.59 bits per heavy atom. The van der Waals surface area contributed by atoms with Crippen molar-refractivity contribution in [1.82, 2.24) is 14.8 Å². The summed E-state index contributed by atoms with van der Waals surface area (Å²) >= 11 is 5.90. The molecule has 0 bridgehead atoms. The first-order chi connectivity index (χ1) is 23.6. The smallest absolute Gasteiger partial charge is 0.311 e. The molecular weight excluding hydrogens is 649 g/mol. The largest absolute Gasteiger partial charge is 0.420 e. The van der Waals surface area contributed by atoms with E-state index in [-0.39, 0.29) is 40.7 Å². The number of unbranched alkanes of at least 4 members (excludes halogenated alkanes) is 12. The number of ether oxygens (including phenoxy) is 2. The van der Waals surface area contributed by atoms with Crippen molar-refractivity contribution >= 4 is 29.4 Å². The number of likely N-dealkylation sites (N-methyl/N-ethyl adjacent to an activating group) is 1. The van der Waals surface area contributed by atoms with Gasteiger partial charge in [-0.1, -0.05) is 108 Å². The monoisotopic (exact) mass is 701 g/mol. The minimum absolute atomic E-state index is 0.0363. The Bertz CT molecular complexity index is 1510. The van der Waals surface area contributed by atoms with E-state index < -0.39 is 40.3 Å². The van der Waals surface area contributed by atoms with Crippen LogP contribution < -0.4 is 15.5 Å². The van der Waals surface area contributed by atoms with Crippen molar-refractivity contribution in [3.05, 3.63) is 62.3 Å². The van der Waals surface area contributed by atoms with Crippen LogP contribution in [0.3, 0.4) is 0 Å². The summed E-state index contributed by atoms with van der Waals surface area (Å²) in [5.41, 5.74) is -1.63. The van der Waals surface area contributed by atoms with E-state index in [1.165, 1.54) is 81.0 Å². The number of pyridine rings is 1. The van der Waals surface area contributed by atoms with Gasteiger partial charge in [-0.15, -0.1) is 0 Å². The number of benzene rings is 1. The molecule has 1 aromatic heterocycles. The Morgan fingerprint density at radius 1 is 0.980 bits per heavy atom. The fourth-order valence-electron chi connectivity index (χ4n) is 7.29. The maximum Gasteiger partial charge on any atom is 0.311 e. The van der Waals surface area contributed by atoms with E-state index in [2.05, 4.69) is 12.2 Å². The van der Waals surface area contributed by atoms with Crippen LogP contribution in [0.25, 0.3) is 0 Å². The molecule has 1 aliphatic carbocycles. The standard InChI is InChI=1S/C38H53ClFN3O6/c1-4-5-6-7-8-9-10-11-12-13-14-15-16-20-31(44)49-35-33-37(47)42(2)26-38(21-27(22-38)25-48-3)43(33)24-29(34(35)45)36(46)41-23-28-18-17-19-30(39)32(28)40/h17-19,24,27H,4-16,20-23,25-26H2,1-3H3,(H,41,46)/t27-,38+. The van der Waals surface area contributed by atoms with E-state index in [9.17, 15) is 23.6 Å². The maximum atomic E-state index is 14.5. The molecule has 1 aromatic carbocycles. The lowest BCUT2D eigenvalue weighted by molar-refractivity contribution is -0.134. The summed E-state index contributed by atoms with van der Waals surface area (Å²) in [6.45, 7) is 2.92. The summed E-state index contributed by atoms with van der Waals surface area (Å²) in [6.07, 6.45) is 18.0. The van der Waals surface area contributed by atoms with Gasteiger partial charge in [0.05, 0.1) is 10.6 Å². The highest BCUT2D eigenvalue weighted by atomic mass is 35.5. The summed E-state index contributed by atoms with van der Waals surface area (Å²) in [5.74, 6) is -2.74. The Morgan fingerprint density at radius 3 is 2.20 bits per heavy atom. The molecule has 11 heteroatoms. The Balaban J connectivity index is 1.43. The van der Waals surface area contributed by atoms with Crippen molar-refractivity contribution < 1.29 is 28.2 Å². The highest BCUT2D eigenvalue weighted by Gasteiger charge is 2.52. The number of hydrogen-bond acceptors (Lipinski definition) is 6. The predicted molar refractivity (Wildman–Crippen MR) is 189 cm³/mol. The van der Waals surface area contributed by atoms with Crippen molar-refractivity contribution in [2.45, 2.75) is 122 Å². The number of nitrogens with one attached hydrogen (secondary N) is 1. The quantitative estimate of drug-likeness (QED) is 0.112. The van der Waals surface area contributed by atoms with Gasteiger partial charge in [-0.25, -0.2) is 4.39 Å². The summed E-state index contributed by atoms with van der Waals surface area (Å²) in [5, 5.41) is 2.51. The number of carbonyl (C=O) groups excluding carboxylic acids is 3. The number of fused-ring (bicyclic) bond motifs is 2. The fourth-order valence-corrected chi connectivity index (χ4v) is 7.49. The Labute approximate surface area is 294 Å². The molecule has 0 saturated heterocycles. The van der Waals surface area contributed by atoms with Gasteiger partial charge in [0, 0.05) is 52.0 Å². The minimum Gasteiger partial charge on any atom is -0.420 e. The molecule has 2 heterocycles. The fraction of sp³-hybridized carbons (Fsp3) is 0.632. The molecule has 1 aliphatic heterocycles. The van der Waals surface area contributed by atoms with Gasteiger partial charge in [-0.3, -0.25) is 19.2 Å². The highest BCUT2D eigenvalue weighted by molar-refractivity contribution is 6.30. The van der Waals surface area contributed by atoms with Crippen LogP contribution in [0.1, 0.15) is 136 Å². The number of carbonyl (C=O) groups is 3. The first-order valence-electron chi connectivity index (χ1n) is 18.1. The lowest BCUT2D eigenvalue weighted by Crippen LogP contribution is -2.60. The van der Waals surface area contributed by atoms with Gasteiger partial charge < -0.3 is 24.3 Å². The average molecular weight is 702 g/mol. The normalized spacial score (nSPS) is 18.3. The van der Waals surface area contributed by atoms with Gasteiger partial charge in [0.15, 0.2) is 5.69 Å². The first-order valence-corrected chi connectivity index (χ1v) is 18.5. The van der Waals surface area contributed by atoms with E-state index in [1.54, 1.807) is 24.8 Å². The molecule has 1 saturated carbocycles. The van der Waals surface area contributed by atoms with Crippen molar-refractivity contribution in [3.63, 3.8) is 0 Å². The number of halogens is 2. The van der Waals surface area contributed by atoms with Gasteiger partial charge in [0.2, 0.25) is 11.2 Å². The molecule has 270 valence electrons. The number of aromatic nitrogens is 1. The van der Waals surface area contributed by atoms with E-state index in [4.69, 9.17) is 21.1 Å². The molecule has 0 unspecified atom stereocenters. The number of rotatable bonds is 20. The van der Waals surface area contributed by atoms with Crippen LogP contribution >= 0.6 is 11.6 Å². The number of methoxy groups -OCH3 is 1. The molecule has 9 nitrogen and oxygen atoms in total. The van der Waals surface area contributed by atoms with E-state index in [0.717, 1.165) is 19.3 Å². The molecule has 2 amide bonds. The number of hydrogen-bond donors (Lipinski definition) is 1. The van der Waals surface area contributed by atoms with Crippen LogP contribution in [0.15, 0.2) is 29.2 Å². The molecule has 49 heavy (non-hydrogen) atoms. The topological polar surface area (TPSA) is 107 Å². The first kappa shape index (κ1) is 38.6. The average Bonchev–Trinajstić information content (AvgIpc) is 3.06. The summed E-state index contributed by atoms with van der Waals surface area (Å²) < 4.78 is 27.2. The SMILES string of the molecule is CCCCCCCCCCCCCCCC(=O)Oc1c2n(cc(C(=O)NCc3cccc(Cl)c3F)c1=O)[C@]1(CN(C)C2=O)C[C@H](COC)C1. The van der Waals surface area contributed by atoms with Crippen LogP contribution in [-0.4, -0.2) is 54.6 Å². The van der Waals surface area contributed by atoms with Crippen LogP contribution in [0.5, 0.6) is 5.75 Å². The highest BCUT2D eigenvalue weighted by Crippen LogP contribution is 2.48. The van der Waals surface area contributed by atoms with Crippen LogP contribution in [0.4, 0.5) is 4.39 Å². The maximum absolute atomic E-state index is 14.5. The van der Waals surface area contributed by atoms with Crippen molar-refractivity contribution in [2.75, 3.05) is 27.3 Å². The minimum atomic E-state index is -0.861. The van der Waals surface area contributed by atoms with E-state index in [1.807, 2.05) is 0 Å². The van der Waals surface area contributed by atoms with Crippen molar-refractivity contribution in [3.8, 4) is 5.75 Å². The van der Waals surface area contributed by atoms with Gasteiger partial charge in [-0.2, -0.15) is 0 Å². The number of esters is 1. The second-order valence-corrected chi connectivity index (χ2v) is 14.3. The summed E-state index contributed by atoms with van der Waals surface area (Å²) in [4.78, 5) is 55.5. The van der Waals surface area contributed by atoms with Crippen molar-refractivity contribution in [2.24, 2.45) is 5.92 Å². The molecule has 4 rings (SSSR count). The third-order valence-electron chi connectivity index (χ3n) is 9.91. The molecule has 1 N–H and O–H groups in total. The molecule has 2 aliphatic rings. The van der Waals surface area contributed by atoms with E-state index >= 15 is 0 Å². The molecule has 2 aromatic rings. The lowest BCUT2D eigenvalue weighted by Gasteiger charge is -2.54. The van der Waals surface area contributed by atoms with Crippen molar-refractivity contribution in [1.29, 1.82) is 0 Å². The van der Waals surface area contributed by atoms with Gasteiger partial charge >= 0.3 is 5.97 Å². The number of nitrogens with zero attached hydrogens (tertiary/aromatic N) is 2. The van der Waals surface area contributed by atoms with Crippen LogP contribution in [-0.2, 0) is 21.6 Å². The van der Waals surface area contributed by atoms with E-state index in [0.29, 0.717) is 32.4 Å². The second kappa shape index (κ2) is 18.7. The van der Waals surface area contributed by atoms with Crippen LogP contribution in [0, 0.1) is 11.7 Å². The Hall–Kier alpha value is -3.24. The molecule has 0 atom stereocenters. The van der Waals surface area contributed by atoms with Crippen LogP contribution in [0.2, 0.25) is 5.02 Å². The predicted octanol–water partition coefficient (Wildman–Crippen LogP) is 7.79. The summed E-state index contributed by atoms with van der Waals surface area (Å²) in [6, 6.07) is 4.45. The summed E-state index contributed by atoms with van der Waals surface area (Å²) in [7, 11) is 3.29. The second-order valence-electron chi connectivity index (χ2n) is 13.9. The Kier molecular flexibility index (Phi) is 14.7. The van der Waals surface area contributed by atoms with Gasteiger partial charge in [0.1, 0.15) is 11.4 Å². The lowest BCUT2D eigenvalue weighted by atomic mass is 9.67. The third kappa shape index (κ3) is 9.94.